The number of anilines is 2. The van der Waals surface area contributed by atoms with Crippen LogP contribution in [0.25, 0.3) is 10.9 Å². The van der Waals surface area contributed by atoms with Gasteiger partial charge in [-0.3, -0.25) is 14.4 Å². The number of hydrogen-bond acceptors (Lipinski definition) is 6. The van der Waals surface area contributed by atoms with Gasteiger partial charge in [-0.25, -0.2) is 4.98 Å². The van der Waals surface area contributed by atoms with Gasteiger partial charge in [-0.15, -0.1) is 0 Å². The third kappa shape index (κ3) is 4.94. The molecule has 1 aliphatic heterocycles. The van der Waals surface area contributed by atoms with Gasteiger partial charge in [0.1, 0.15) is 19.0 Å². The number of primary amides is 1. The minimum absolute atomic E-state index is 0.0200. The number of aromatic amines is 1. The van der Waals surface area contributed by atoms with Crippen LogP contribution in [-0.4, -0.2) is 41.5 Å². The van der Waals surface area contributed by atoms with Crippen LogP contribution in [0, 0.1) is 0 Å². The van der Waals surface area contributed by atoms with Gasteiger partial charge in [0.25, 0.3) is 5.56 Å². The fourth-order valence-electron chi connectivity index (χ4n) is 3.83. The lowest BCUT2D eigenvalue weighted by Gasteiger charge is -2.30. The molecule has 3 aromatic rings. The molecular weight excluding hydrogens is 410 g/mol. The van der Waals surface area contributed by atoms with E-state index < -0.39 is 5.91 Å². The fourth-order valence-corrected chi connectivity index (χ4v) is 3.83. The maximum atomic E-state index is 12.5. The molecule has 1 saturated heterocycles. The van der Waals surface area contributed by atoms with E-state index in [4.69, 9.17) is 10.5 Å². The summed E-state index contributed by atoms with van der Waals surface area (Å²) in [6, 6.07) is 12.1. The van der Waals surface area contributed by atoms with Crippen molar-refractivity contribution >= 4 is 34.1 Å². The molecule has 0 saturated carbocycles. The van der Waals surface area contributed by atoms with Crippen molar-refractivity contribution < 1.29 is 14.3 Å². The van der Waals surface area contributed by atoms with E-state index in [1.807, 2.05) is 6.07 Å². The molecule has 0 spiro atoms. The van der Waals surface area contributed by atoms with Gasteiger partial charge in [-0.05, 0) is 49.6 Å². The number of nitrogens with zero attached hydrogens (tertiary/aromatic N) is 2. The summed E-state index contributed by atoms with van der Waals surface area (Å²) in [5, 5.41) is 3.32. The number of nitrogens with one attached hydrogen (secondary N) is 2. The van der Waals surface area contributed by atoms with E-state index in [1.54, 1.807) is 36.4 Å². The number of piperidine rings is 1. The molecule has 2 heterocycles. The maximum Gasteiger partial charge on any atom is 0.258 e. The molecular formula is C23H25N5O4. The number of para-hydroxylation sites is 1. The Morgan fingerprint density at radius 3 is 2.69 bits per heavy atom. The molecule has 166 valence electrons. The molecule has 9 heteroatoms. The molecule has 0 atom stereocenters. The van der Waals surface area contributed by atoms with E-state index in [1.165, 1.54) is 6.42 Å². The van der Waals surface area contributed by atoms with Gasteiger partial charge in [0.15, 0.2) is 0 Å². The van der Waals surface area contributed by atoms with Crippen LogP contribution in [0.3, 0.4) is 0 Å². The summed E-state index contributed by atoms with van der Waals surface area (Å²) < 4.78 is 5.47. The Morgan fingerprint density at radius 2 is 1.91 bits per heavy atom. The Labute approximate surface area is 184 Å². The van der Waals surface area contributed by atoms with Crippen molar-refractivity contribution in [1.29, 1.82) is 0 Å². The molecule has 0 unspecified atom stereocenters. The van der Waals surface area contributed by atoms with Crippen LogP contribution in [0.5, 0.6) is 0 Å². The number of benzene rings is 2. The third-order valence-electron chi connectivity index (χ3n) is 5.39. The van der Waals surface area contributed by atoms with Crippen molar-refractivity contribution in [3.8, 4) is 0 Å². The Morgan fingerprint density at radius 1 is 1.12 bits per heavy atom. The Bertz CT molecular complexity index is 1200. The summed E-state index contributed by atoms with van der Waals surface area (Å²) in [6.07, 6.45) is 3.33. The lowest BCUT2D eigenvalue weighted by atomic mass is 10.1. The molecule has 32 heavy (non-hydrogen) atoms. The second-order valence-electron chi connectivity index (χ2n) is 7.71. The van der Waals surface area contributed by atoms with Crippen LogP contribution in [0.2, 0.25) is 0 Å². The maximum absolute atomic E-state index is 12.5. The van der Waals surface area contributed by atoms with E-state index in [2.05, 4.69) is 20.2 Å². The summed E-state index contributed by atoms with van der Waals surface area (Å²) >= 11 is 0. The number of nitrogens with two attached hydrogens (primary N) is 1. The first-order chi connectivity index (χ1) is 15.5. The first-order valence-corrected chi connectivity index (χ1v) is 10.6. The number of carbonyl (C=O) groups excluding carboxylic acids is 2. The van der Waals surface area contributed by atoms with Gasteiger partial charge in [0.05, 0.1) is 22.3 Å². The van der Waals surface area contributed by atoms with Crippen LogP contribution in [0.15, 0.2) is 47.3 Å². The average molecular weight is 435 g/mol. The van der Waals surface area contributed by atoms with E-state index in [-0.39, 0.29) is 24.7 Å². The number of rotatable bonds is 7. The summed E-state index contributed by atoms with van der Waals surface area (Å²) in [4.78, 5) is 45.5. The molecule has 4 N–H and O–H groups in total. The van der Waals surface area contributed by atoms with Gasteiger partial charge in [-0.2, -0.15) is 0 Å². The van der Waals surface area contributed by atoms with E-state index in [0.29, 0.717) is 28.0 Å². The fraction of sp³-hybridized carbons (Fsp3) is 0.304. The first-order valence-electron chi connectivity index (χ1n) is 10.6. The van der Waals surface area contributed by atoms with Crippen molar-refractivity contribution in [2.24, 2.45) is 5.73 Å². The highest BCUT2D eigenvalue weighted by Gasteiger charge is 2.17. The van der Waals surface area contributed by atoms with Crippen LogP contribution in [0.4, 0.5) is 11.4 Å². The summed E-state index contributed by atoms with van der Waals surface area (Å²) in [5.74, 6) is -0.604. The number of ether oxygens (including phenoxy) is 1. The quantitative estimate of drug-likeness (QED) is 0.521. The van der Waals surface area contributed by atoms with E-state index in [9.17, 15) is 14.4 Å². The van der Waals surface area contributed by atoms with Gasteiger partial charge >= 0.3 is 0 Å². The topological polar surface area (TPSA) is 130 Å². The van der Waals surface area contributed by atoms with Gasteiger partial charge < -0.3 is 25.7 Å². The number of H-pyrrole nitrogens is 1. The zero-order valence-electron chi connectivity index (χ0n) is 17.6. The molecule has 1 fully saturated rings. The molecule has 1 aliphatic rings. The third-order valence-corrected chi connectivity index (χ3v) is 5.39. The number of fused-ring (bicyclic) bond motifs is 1. The second-order valence-corrected chi connectivity index (χ2v) is 7.71. The van der Waals surface area contributed by atoms with Crippen molar-refractivity contribution in [2.45, 2.75) is 25.9 Å². The summed E-state index contributed by atoms with van der Waals surface area (Å²) in [5.41, 5.74) is 7.41. The number of hydrogen-bond donors (Lipinski definition) is 3. The smallest absolute Gasteiger partial charge is 0.258 e. The minimum Gasteiger partial charge on any atom is -0.370 e. The molecule has 0 radical (unpaired) electrons. The zero-order chi connectivity index (χ0) is 22.5. The van der Waals surface area contributed by atoms with Gasteiger partial charge in [0, 0.05) is 18.7 Å². The molecule has 0 bridgehead atoms. The predicted molar refractivity (Wildman–Crippen MR) is 122 cm³/mol. The number of aromatic nitrogens is 2. The van der Waals surface area contributed by atoms with E-state index >= 15 is 0 Å². The molecule has 2 amide bonds. The monoisotopic (exact) mass is 435 g/mol. The summed E-state index contributed by atoms with van der Waals surface area (Å²) in [7, 11) is 0. The molecule has 9 nitrogen and oxygen atoms in total. The standard InChI is InChI=1S/C23H25N5O4/c24-22(30)15-8-9-19(28-10-4-1-5-11-28)18(12-15)26-21(29)14-32-13-20-25-17-7-3-2-6-16(17)23(31)27-20/h2-3,6-9,12H,1,4-5,10-11,13-14H2,(H2,24,30)(H,26,29)(H,25,27,31). The predicted octanol–water partition coefficient (Wildman–Crippen LogP) is 2.17. The molecule has 0 aliphatic carbocycles. The molecule has 1 aromatic heterocycles. The molecule has 4 rings (SSSR count). The minimum atomic E-state index is -0.562. The van der Waals surface area contributed by atoms with Crippen LogP contribution in [-0.2, 0) is 16.1 Å². The second kappa shape index (κ2) is 9.61. The SMILES string of the molecule is NC(=O)c1ccc(N2CCCCC2)c(NC(=O)COCc2nc3ccccc3c(=O)[nH]2)c1. The van der Waals surface area contributed by atoms with Crippen molar-refractivity contribution in [1.82, 2.24) is 9.97 Å². The van der Waals surface area contributed by atoms with Gasteiger partial charge in [0.2, 0.25) is 11.8 Å². The Hall–Kier alpha value is -3.72. The Kier molecular flexibility index (Phi) is 6.46. The summed E-state index contributed by atoms with van der Waals surface area (Å²) in [6.45, 7) is 1.51. The normalized spacial score (nSPS) is 13.8. The highest BCUT2D eigenvalue weighted by molar-refractivity contribution is 5.99. The van der Waals surface area contributed by atoms with Crippen molar-refractivity contribution in [3.63, 3.8) is 0 Å². The van der Waals surface area contributed by atoms with Crippen LogP contribution in [0.1, 0.15) is 35.4 Å². The van der Waals surface area contributed by atoms with Crippen LogP contribution >= 0.6 is 0 Å². The highest BCUT2D eigenvalue weighted by atomic mass is 16.5. The lowest BCUT2D eigenvalue weighted by Crippen LogP contribution is -2.31. The first kappa shape index (κ1) is 21.5. The average Bonchev–Trinajstić information content (AvgIpc) is 2.79. The lowest BCUT2D eigenvalue weighted by molar-refractivity contribution is -0.121. The van der Waals surface area contributed by atoms with E-state index in [0.717, 1.165) is 31.6 Å². The molecule has 2 aromatic carbocycles. The van der Waals surface area contributed by atoms with Crippen molar-refractivity contribution in [3.05, 3.63) is 64.2 Å². The zero-order valence-corrected chi connectivity index (χ0v) is 17.6. The largest absolute Gasteiger partial charge is 0.370 e. The number of amides is 2. The Balaban J connectivity index is 1.42. The van der Waals surface area contributed by atoms with Crippen LogP contribution < -0.4 is 21.5 Å². The highest BCUT2D eigenvalue weighted by Crippen LogP contribution is 2.29. The van der Waals surface area contributed by atoms with Crippen molar-refractivity contribution in [2.75, 3.05) is 29.9 Å². The number of carbonyl (C=O) groups is 2. The van der Waals surface area contributed by atoms with Gasteiger partial charge in [-0.1, -0.05) is 12.1 Å².